The first kappa shape index (κ1) is 10.9. The zero-order valence-electron chi connectivity index (χ0n) is 8.93. The van der Waals surface area contributed by atoms with Crippen LogP contribution in [0.4, 0.5) is 0 Å². The third kappa shape index (κ3) is 2.52. The van der Waals surface area contributed by atoms with Gasteiger partial charge in [-0.3, -0.25) is 0 Å². The number of hydrogen-bond donors (Lipinski definition) is 0. The van der Waals surface area contributed by atoms with Crippen LogP contribution in [0.1, 0.15) is 57.8 Å². The van der Waals surface area contributed by atoms with E-state index in [9.17, 15) is 0 Å². The number of hydrogen-bond acceptors (Lipinski definition) is 1. The molecule has 82 valence electrons. The molecule has 0 aromatic rings. The average Bonchev–Trinajstić information content (AvgIpc) is 2.69. The number of halogens is 1. The summed E-state index contributed by atoms with van der Waals surface area (Å²) in [5.41, 5.74) is 0.210. The van der Waals surface area contributed by atoms with Gasteiger partial charge in [0.15, 0.2) is 0 Å². The minimum Gasteiger partial charge on any atom is -0.371 e. The summed E-state index contributed by atoms with van der Waals surface area (Å²) < 4.78 is 6.34. The lowest BCUT2D eigenvalue weighted by molar-refractivity contribution is -0.0869. The minimum absolute atomic E-state index is 0.210. The Bertz CT molecular complexity index is 169. The van der Waals surface area contributed by atoms with Gasteiger partial charge in [0.2, 0.25) is 0 Å². The summed E-state index contributed by atoms with van der Waals surface area (Å²) in [4.78, 5) is 0. The predicted octanol–water partition coefficient (Wildman–Crippen LogP) is 4.04. The molecule has 2 rings (SSSR count). The molecule has 0 radical (unpaired) electrons. The molecular weight excluding hydrogens is 240 g/mol. The van der Waals surface area contributed by atoms with Crippen LogP contribution in [0.15, 0.2) is 0 Å². The Balaban J connectivity index is 1.86. The third-order valence-corrected chi connectivity index (χ3v) is 4.75. The van der Waals surface area contributed by atoms with Crippen LogP contribution in [0.25, 0.3) is 0 Å². The highest BCUT2D eigenvalue weighted by Crippen LogP contribution is 2.37. The van der Waals surface area contributed by atoms with Gasteiger partial charge in [0.25, 0.3) is 0 Å². The molecule has 0 atom stereocenters. The lowest BCUT2D eigenvalue weighted by Crippen LogP contribution is -2.36. The second-order valence-corrected chi connectivity index (χ2v) is 5.46. The van der Waals surface area contributed by atoms with Gasteiger partial charge in [-0.05, 0) is 25.7 Å². The van der Waals surface area contributed by atoms with Gasteiger partial charge in [-0.2, -0.15) is 0 Å². The van der Waals surface area contributed by atoms with Crippen molar-refractivity contribution in [2.24, 2.45) is 0 Å². The van der Waals surface area contributed by atoms with Gasteiger partial charge >= 0.3 is 0 Å². The molecule has 2 aliphatic carbocycles. The molecule has 14 heavy (non-hydrogen) atoms. The van der Waals surface area contributed by atoms with Crippen molar-refractivity contribution in [1.82, 2.24) is 0 Å². The molecule has 0 aromatic carbocycles. The van der Waals surface area contributed by atoms with Gasteiger partial charge < -0.3 is 4.74 Å². The summed E-state index contributed by atoms with van der Waals surface area (Å²) >= 11 is 3.64. The minimum atomic E-state index is 0.210. The number of ether oxygens (including phenoxy) is 1. The summed E-state index contributed by atoms with van der Waals surface area (Å²) in [6.45, 7) is 0. The van der Waals surface area contributed by atoms with Gasteiger partial charge in [-0.25, -0.2) is 0 Å². The van der Waals surface area contributed by atoms with Crippen molar-refractivity contribution in [3.05, 3.63) is 0 Å². The fourth-order valence-corrected chi connectivity index (χ4v) is 3.53. The van der Waals surface area contributed by atoms with E-state index >= 15 is 0 Å². The van der Waals surface area contributed by atoms with Crippen LogP contribution in [0.3, 0.4) is 0 Å². The zero-order chi connectivity index (χ0) is 9.86. The van der Waals surface area contributed by atoms with E-state index in [4.69, 9.17) is 4.74 Å². The van der Waals surface area contributed by atoms with Crippen LogP contribution in [0, 0.1) is 0 Å². The van der Waals surface area contributed by atoms with Gasteiger partial charge in [0, 0.05) is 5.33 Å². The molecular formula is C12H21BrO. The Morgan fingerprint density at radius 2 is 1.64 bits per heavy atom. The summed E-state index contributed by atoms with van der Waals surface area (Å²) in [5, 5.41) is 1.04. The van der Waals surface area contributed by atoms with E-state index in [0.717, 1.165) is 5.33 Å². The second kappa shape index (κ2) is 4.98. The molecule has 0 aromatic heterocycles. The molecule has 0 saturated heterocycles. The average molecular weight is 261 g/mol. The molecule has 0 spiro atoms. The second-order valence-electron chi connectivity index (χ2n) is 4.90. The van der Waals surface area contributed by atoms with Crippen LogP contribution >= 0.6 is 15.9 Å². The van der Waals surface area contributed by atoms with Crippen molar-refractivity contribution >= 4 is 15.9 Å². The SMILES string of the molecule is BrCC1(OC2CCCCC2)CCCC1. The van der Waals surface area contributed by atoms with Crippen LogP contribution in [0.2, 0.25) is 0 Å². The smallest absolute Gasteiger partial charge is 0.0782 e. The summed E-state index contributed by atoms with van der Waals surface area (Å²) in [5.74, 6) is 0. The number of alkyl halides is 1. The molecule has 0 amide bonds. The molecule has 2 heteroatoms. The molecule has 1 nitrogen and oxygen atoms in total. The monoisotopic (exact) mass is 260 g/mol. The van der Waals surface area contributed by atoms with Gasteiger partial charge in [-0.1, -0.05) is 48.0 Å². The first-order valence-corrected chi connectivity index (χ1v) is 7.21. The predicted molar refractivity (Wildman–Crippen MR) is 63.0 cm³/mol. The van der Waals surface area contributed by atoms with E-state index in [1.165, 1.54) is 57.8 Å². The molecule has 0 aliphatic heterocycles. The molecule has 0 heterocycles. The molecule has 2 aliphatic rings. The topological polar surface area (TPSA) is 9.23 Å². The van der Waals surface area contributed by atoms with E-state index in [1.807, 2.05) is 0 Å². The van der Waals surface area contributed by atoms with Crippen molar-refractivity contribution < 1.29 is 4.74 Å². The maximum atomic E-state index is 6.34. The highest BCUT2D eigenvalue weighted by molar-refractivity contribution is 9.09. The molecule has 2 saturated carbocycles. The molecule has 2 fully saturated rings. The van der Waals surface area contributed by atoms with E-state index < -0.39 is 0 Å². The quantitative estimate of drug-likeness (QED) is 0.696. The van der Waals surface area contributed by atoms with Crippen molar-refractivity contribution in [1.29, 1.82) is 0 Å². The van der Waals surface area contributed by atoms with Gasteiger partial charge in [-0.15, -0.1) is 0 Å². The van der Waals surface area contributed by atoms with Crippen LogP contribution < -0.4 is 0 Å². The summed E-state index contributed by atoms with van der Waals surface area (Å²) in [7, 11) is 0. The zero-order valence-corrected chi connectivity index (χ0v) is 10.5. The molecule has 0 bridgehead atoms. The highest BCUT2D eigenvalue weighted by atomic mass is 79.9. The Morgan fingerprint density at radius 3 is 2.21 bits per heavy atom. The highest BCUT2D eigenvalue weighted by Gasteiger charge is 2.36. The Labute approximate surface area is 95.7 Å². The maximum Gasteiger partial charge on any atom is 0.0782 e. The van der Waals surface area contributed by atoms with Crippen molar-refractivity contribution in [2.45, 2.75) is 69.5 Å². The van der Waals surface area contributed by atoms with Crippen molar-refractivity contribution in [3.63, 3.8) is 0 Å². The Hall–Kier alpha value is 0.440. The first-order chi connectivity index (χ1) is 6.85. The summed E-state index contributed by atoms with van der Waals surface area (Å²) in [6.07, 6.45) is 12.6. The Kier molecular flexibility index (Phi) is 3.89. The lowest BCUT2D eigenvalue weighted by atomic mass is 9.96. The van der Waals surface area contributed by atoms with E-state index in [1.54, 1.807) is 0 Å². The normalized spacial score (nSPS) is 28.1. The van der Waals surface area contributed by atoms with Crippen LogP contribution in [-0.4, -0.2) is 17.0 Å². The molecule has 0 N–H and O–H groups in total. The largest absolute Gasteiger partial charge is 0.371 e. The fraction of sp³-hybridized carbons (Fsp3) is 1.00. The van der Waals surface area contributed by atoms with Crippen molar-refractivity contribution in [2.75, 3.05) is 5.33 Å². The maximum absolute atomic E-state index is 6.34. The van der Waals surface area contributed by atoms with Gasteiger partial charge in [0.1, 0.15) is 0 Å². The van der Waals surface area contributed by atoms with Crippen molar-refractivity contribution in [3.8, 4) is 0 Å². The number of rotatable bonds is 3. The van der Waals surface area contributed by atoms with Crippen LogP contribution in [0.5, 0.6) is 0 Å². The first-order valence-electron chi connectivity index (χ1n) is 6.08. The summed E-state index contributed by atoms with van der Waals surface area (Å²) in [6, 6.07) is 0. The Morgan fingerprint density at radius 1 is 1.00 bits per heavy atom. The van der Waals surface area contributed by atoms with Gasteiger partial charge in [0.05, 0.1) is 11.7 Å². The lowest BCUT2D eigenvalue weighted by Gasteiger charge is -2.34. The third-order valence-electron chi connectivity index (χ3n) is 3.73. The van der Waals surface area contributed by atoms with E-state index in [0.29, 0.717) is 6.10 Å². The standard InChI is InChI=1S/C12H21BrO/c13-10-12(8-4-5-9-12)14-11-6-2-1-3-7-11/h11H,1-10H2. The van der Waals surface area contributed by atoms with Crippen LogP contribution in [-0.2, 0) is 4.74 Å². The van der Waals surface area contributed by atoms with E-state index in [-0.39, 0.29) is 5.60 Å². The van der Waals surface area contributed by atoms with E-state index in [2.05, 4.69) is 15.9 Å². The fourth-order valence-electron chi connectivity index (χ4n) is 2.84. The molecule has 0 unspecified atom stereocenters.